The summed E-state index contributed by atoms with van der Waals surface area (Å²) in [7, 11) is -3.72. The number of rotatable bonds is 9. The van der Waals surface area contributed by atoms with E-state index in [2.05, 4.69) is 10.6 Å². The molecule has 0 aromatic heterocycles. The highest BCUT2D eigenvalue weighted by Crippen LogP contribution is 2.23. The second-order valence-electron chi connectivity index (χ2n) is 5.72. The Morgan fingerprint density at radius 1 is 1.19 bits per heavy atom. The Balaban J connectivity index is 3.07. The van der Waals surface area contributed by atoms with Crippen molar-refractivity contribution in [3.05, 3.63) is 28.8 Å². The molecule has 0 spiro atoms. The lowest BCUT2D eigenvalue weighted by atomic mass is 10.2. The number of carbonyl (C=O) groups is 2. The van der Waals surface area contributed by atoms with Crippen molar-refractivity contribution in [2.75, 3.05) is 19.6 Å². The Morgan fingerprint density at radius 3 is 2.35 bits per heavy atom. The van der Waals surface area contributed by atoms with E-state index in [4.69, 9.17) is 11.6 Å². The molecule has 26 heavy (non-hydrogen) atoms. The average Bonchev–Trinajstić information content (AvgIpc) is 2.60. The number of hydrogen-bond acceptors (Lipinski definition) is 4. The zero-order valence-corrected chi connectivity index (χ0v) is 17.1. The first kappa shape index (κ1) is 22.4. The van der Waals surface area contributed by atoms with Crippen LogP contribution in [0.15, 0.2) is 23.1 Å². The van der Waals surface area contributed by atoms with Crippen molar-refractivity contribution >= 4 is 33.4 Å². The van der Waals surface area contributed by atoms with Crippen LogP contribution in [0.2, 0.25) is 5.02 Å². The monoisotopic (exact) mass is 403 g/mol. The highest BCUT2D eigenvalue weighted by atomic mass is 35.5. The van der Waals surface area contributed by atoms with Crippen molar-refractivity contribution in [1.29, 1.82) is 0 Å². The standard InChI is InChI=1S/C17H26ClN3O4S/c1-5-10-19-16(22)12(4)20-17(23)14-11-13(8-9-15(14)18)26(24,25)21(6-2)7-3/h8-9,11-12H,5-7,10H2,1-4H3,(H,19,22)(H,20,23). The second-order valence-corrected chi connectivity index (χ2v) is 8.06. The maximum absolute atomic E-state index is 12.6. The SMILES string of the molecule is CCCNC(=O)C(C)NC(=O)c1cc(S(=O)(=O)N(CC)CC)ccc1Cl. The molecule has 1 aromatic rings. The fraction of sp³-hybridized carbons (Fsp3) is 0.529. The Hall–Kier alpha value is -1.64. The molecule has 1 rings (SSSR count). The van der Waals surface area contributed by atoms with Gasteiger partial charge in [-0.15, -0.1) is 0 Å². The Kier molecular flexibility index (Phi) is 8.52. The maximum Gasteiger partial charge on any atom is 0.253 e. The fourth-order valence-corrected chi connectivity index (χ4v) is 3.98. The molecular weight excluding hydrogens is 378 g/mol. The molecule has 0 bridgehead atoms. The van der Waals surface area contributed by atoms with E-state index in [1.165, 1.54) is 22.5 Å². The van der Waals surface area contributed by atoms with E-state index in [1.807, 2.05) is 6.92 Å². The summed E-state index contributed by atoms with van der Waals surface area (Å²) in [6, 6.07) is 3.20. The van der Waals surface area contributed by atoms with Crippen molar-refractivity contribution in [1.82, 2.24) is 14.9 Å². The van der Waals surface area contributed by atoms with Gasteiger partial charge in [-0.05, 0) is 31.5 Å². The summed E-state index contributed by atoms with van der Waals surface area (Å²) in [5.41, 5.74) is 0.00930. The molecule has 0 heterocycles. The molecule has 7 nitrogen and oxygen atoms in total. The lowest BCUT2D eigenvalue weighted by molar-refractivity contribution is -0.122. The number of carbonyl (C=O) groups excluding carboxylic acids is 2. The number of halogens is 1. The van der Waals surface area contributed by atoms with Crippen LogP contribution in [0.5, 0.6) is 0 Å². The van der Waals surface area contributed by atoms with Gasteiger partial charge in [0.25, 0.3) is 5.91 Å². The second kappa shape index (κ2) is 9.89. The van der Waals surface area contributed by atoms with Gasteiger partial charge >= 0.3 is 0 Å². The molecule has 1 aromatic carbocycles. The van der Waals surface area contributed by atoms with Gasteiger partial charge in [0.05, 0.1) is 15.5 Å². The first-order valence-electron chi connectivity index (χ1n) is 8.57. The molecule has 0 aliphatic heterocycles. The van der Waals surface area contributed by atoms with Crippen LogP contribution in [0.25, 0.3) is 0 Å². The minimum atomic E-state index is -3.72. The minimum absolute atomic E-state index is 0.00930. The van der Waals surface area contributed by atoms with Crippen molar-refractivity contribution in [3.63, 3.8) is 0 Å². The molecule has 0 fully saturated rings. The normalized spacial score (nSPS) is 12.7. The van der Waals surface area contributed by atoms with E-state index in [-0.39, 0.29) is 21.4 Å². The van der Waals surface area contributed by atoms with Crippen LogP contribution >= 0.6 is 11.6 Å². The lowest BCUT2D eigenvalue weighted by Crippen LogP contribution is -2.45. The Labute approximate surface area is 160 Å². The van der Waals surface area contributed by atoms with Crippen LogP contribution in [-0.2, 0) is 14.8 Å². The van der Waals surface area contributed by atoms with E-state index in [9.17, 15) is 18.0 Å². The van der Waals surface area contributed by atoms with Gasteiger partial charge in [-0.25, -0.2) is 8.42 Å². The molecule has 0 aliphatic carbocycles. The predicted octanol–water partition coefficient (Wildman–Crippen LogP) is 2.02. The van der Waals surface area contributed by atoms with E-state index >= 15 is 0 Å². The third-order valence-electron chi connectivity index (χ3n) is 3.82. The van der Waals surface area contributed by atoms with Gasteiger partial charge in [-0.1, -0.05) is 32.4 Å². The molecule has 146 valence electrons. The maximum atomic E-state index is 12.6. The summed E-state index contributed by atoms with van der Waals surface area (Å²) in [4.78, 5) is 24.3. The lowest BCUT2D eigenvalue weighted by Gasteiger charge is -2.19. The predicted molar refractivity (Wildman–Crippen MR) is 102 cm³/mol. The molecule has 2 N–H and O–H groups in total. The Morgan fingerprint density at radius 2 is 1.81 bits per heavy atom. The van der Waals surface area contributed by atoms with E-state index in [0.29, 0.717) is 19.6 Å². The van der Waals surface area contributed by atoms with E-state index in [0.717, 1.165) is 6.42 Å². The summed E-state index contributed by atoms with van der Waals surface area (Å²) in [6.45, 7) is 8.09. The number of benzene rings is 1. The summed E-state index contributed by atoms with van der Waals surface area (Å²) < 4.78 is 26.5. The summed E-state index contributed by atoms with van der Waals surface area (Å²) >= 11 is 6.07. The van der Waals surface area contributed by atoms with Crippen LogP contribution in [0.3, 0.4) is 0 Å². The number of sulfonamides is 1. The zero-order chi connectivity index (χ0) is 19.9. The molecule has 1 unspecified atom stereocenters. The van der Waals surface area contributed by atoms with Gasteiger partial charge in [-0.2, -0.15) is 4.31 Å². The number of amides is 2. The first-order chi connectivity index (χ1) is 12.2. The van der Waals surface area contributed by atoms with Gasteiger partial charge in [0.15, 0.2) is 0 Å². The molecule has 0 radical (unpaired) electrons. The molecule has 2 amide bonds. The molecule has 0 saturated heterocycles. The average molecular weight is 404 g/mol. The third kappa shape index (κ3) is 5.43. The molecule has 0 saturated carbocycles. The van der Waals surface area contributed by atoms with Gasteiger partial charge in [0, 0.05) is 19.6 Å². The van der Waals surface area contributed by atoms with Crippen LogP contribution in [-0.4, -0.2) is 50.2 Å². The highest BCUT2D eigenvalue weighted by molar-refractivity contribution is 7.89. The summed E-state index contributed by atoms with van der Waals surface area (Å²) in [6.07, 6.45) is 0.781. The smallest absolute Gasteiger partial charge is 0.253 e. The van der Waals surface area contributed by atoms with Crippen LogP contribution in [0, 0.1) is 0 Å². The molecule has 1 atom stereocenters. The van der Waals surface area contributed by atoms with Crippen LogP contribution < -0.4 is 10.6 Å². The van der Waals surface area contributed by atoms with Crippen molar-refractivity contribution < 1.29 is 18.0 Å². The molecular formula is C17H26ClN3O4S. The highest BCUT2D eigenvalue weighted by Gasteiger charge is 2.25. The quantitative estimate of drug-likeness (QED) is 0.659. The van der Waals surface area contributed by atoms with E-state index < -0.39 is 22.0 Å². The number of nitrogens with one attached hydrogen (secondary N) is 2. The van der Waals surface area contributed by atoms with Gasteiger partial charge in [0.1, 0.15) is 6.04 Å². The van der Waals surface area contributed by atoms with Gasteiger partial charge in [-0.3, -0.25) is 9.59 Å². The Bertz CT molecular complexity index is 748. The molecule has 9 heteroatoms. The first-order valence-corrected chi connectivity index (χ1v) is 10.4. The van der Waals surface area contributed by atoms with Crippen LogP contribution in [0.1, 0.15) is 44.5 Å². The van der Waals surface area contributed by atoms with Crippen molar-refractivity contribution in [2.24, 2.45) is 0 Å². The minimum Gasteiger partial charge on any atom is -0.354 e. The fourth-order valence-electron chi connectivity index (χ4n) is 2.29. The van der Waals surface area contributed by atoms with Gasteiger partial charge < -0.3 is 10.6 Å². The summed E-state index contributed by atoms with van der Waals surface area (Å²) in [5, 5.41) is 5.33. The van der Waals surface area contributed by atoms with Crippen LogP contribution in [0.4, 0.5) is 0 Å². The number of nitrogens with zero attached hydrogens (tertiary/aromatic N) is 1. The van der Waals surface area contributed by atoms with Crippen molar-refractivity contribution in [2.45, 2.75) is 45.1 Å². The molecule has 0 aliphatic rings. The van der Waals surface area contributed by atoms with E-state index in [1.54, 1.807) is 20.8 Å². The topological polar surface area (TPSA) is 95.6 Å². The zero-order valence-electron chi connectivity index (χ0n) is 15.5. The van der Waals surface area contributed by atoms with Crippen molar-refractivity contribution in [3.8, 4) is 0 Å². The van der Waals surface area contributed by atoms with Gasteiger partial charge in [0.2, 0.25) is 15.9 Å². The third-order valence-corrected chi connectivity index (χ3v) is 6.19. The number of hydrogen-bond donors (Lipinski definition) is 2. The largest absolute Gasteiger partial charge is 0.354 e. The summed E-state index contributed by atoms with van der Waals surface area (Å²) in [5.74, 6) is -0.922.